The Morgan fingerprint density at radius 2 is 2.08 bits per heavy atom. The van der Waals surface area contributed by atoms with Gasteiger partial charge in [0.25, 0.3) is 5.91 Å². The zero-order valence-corrected chi connectivity index (χ0v) is 13.6. The van der Waals surface area contributed by atoms with Gasteiger partial charge in [-0.3, -0.25) is 4.79 Å². The molecular weight excluding hydrogens is 322 g/mol. The molecule has 1 aromatic carbocycles. The SMILES string of the molecule is Cc1c(NC(=O)c2cccs2)cccc1-c1nc2ncccc2o1. The molecule has 4 aromatic rings. The van der Waals surface area contributed by atoms with Crippen molar-refractivity contribution in [2.24, 2.45) is 0 Å². The zero-order chi connectivity index (χ0) is 16.5. The molecule has 0 saturated heterocycles. The number of carbonyl (C=O) groups excluding carboxylic acids is 1. The van der Waals surface area contributed by atoms with E-state index in [1.807, 2.05) is 48.7 Å². The molecule has 1 N–H and O–H groups in total. The third-order valence-electron chi connectivity index (χ3n) is 3.72. The van der Waals surface area contributed by atoms with E-state index >= 15 is 0 Å². The zero-order valence-electron chi connectivity index (χ0n) is 12.8. The number of nitrogens with zero attached hydrogens (tertiary/aromatic N) is 2. The minimum atomic E-state index is -0.121. The van der Waals surface area contributed by atoms with Crippen molar-refractivity contribution < 1.29 is 9.21 Å². The van der Waals surface area contributed by atoms with Crippen molar-refractivity contribution in [3.8, 4) is 11.5 Å². The van der Waals surface area contributed by atoms with Gasteiger partial charge in [-0.2, -0.15) is 4.98 Å². The standard InChI is InChI=1S/C18H13N3O2S/c1-11-12(18-21-16-14(23-18)7-3-9-19-16)5-2-6-13(11)20-17(22)15-8-4-10-24-15/h2-10H,1H3,(H,20,22). The minimum absolute atomic E-state index is 0.121. The largest absolute Gasteiger partial charge is 0.434 e. The Bertz CT molecular complexity index is 989. The van der Waals surface area contributed by atoms with E-state index in [-0.39, 0.29) is 5.91 Å². The number of anilines is 1. The summed E-state index contributed by atoms with van der Waals surface area (Å²) in [5.41, 5.74) is 3.67. The molecular formula is C18H13N3O2S. The fourth-order valence-corrected chi connectivity index (χ4v) is 3.10. The number of hydrogen-bond donors (Lipinski definition) is 1. The maximum Gasteiger partial charge on any atom is 0.265 e. The molecule has 5 nitrogen and oxygen atoms in total. The van der Waals surface area contributed by atoms with Crippen LogP contribution in [0.25, 0.3) is 22.7 Å². The summed E-state index contributed by atoms with van der Waals surface area (Å²) < 4.78 is 5.78. The summed E-state index contributed by atoms with van der Waals surface area (Å²) in [5, 5.41) is 4.82. The number of rotatable bonds is 3. The number of aromatic nitrogens is 2. The van der Waals surface area contributed by atoms with Gasteiger partial charge in [0.15, 0.2) is 11.2 Å². The van der Waals surface area contributed by atoms with Gasteiger partial charge in [0.1, 0.15) is 0 Å². The van der Waals surface area contributed by atoms with Crippen LogP contribution in [0.1, 0.15) is 15.2 Å². The van der Waals surface area contributed by atoms with Gasteiger partial charge in [-0.25, -0.2) is 4.98 Å². The van der Waals surface area contributed by atoms with Crippen LogP contribution in [-0.4, -0.2) is 15.9 Å². The molecule has 0 atom stereocenters. The highest BCUT2D eigenvalue weighted by Gasteiger charge is 2.15. The molecule has 6 heteroatoms. The lowest BCUT2D eigenvalue weighted by Gasteiger charge is -2.10. The van der Waals surface area contributed by atoms with E-state index < -0.39 is 0 Å². The number of carbonyl (C=O) groups is 1. The minimum Gasteiger partial charge on any atom is -0.434 e. The Balaban J connectivity index is 1.71. The molecule has 0 aliphatic rings. The van der Waals surface area contributed by atoms with Gasteiger partial charge >= 0.3 is 0 Å². The normalized spacial score (nSPS) is 10.9. The van der Waals surface area contributed by atoms with Crippen molar-refractivity contribution in [2.75, 3.05) is 5.32 Å². The van der Waals surface area contributed by atoms with Gasteiger partial charge in [0.2, 0.25) is 5.89 Å². The van der Waals surface area contributed by atoms with Crippen LogP contribution in [0.2, 0.25) is 0 Å². The van der Waals surface area contributed by atoms with Crippen LogP contribution in [0.5, 0.6) is 0 Å². The van der Waals surface area contributed by atoms with E-state index in [2.05, 4.69) is 15.3 Å². The van der Waals surface area contributed by atoms with E-state index in [0.29, 0.717) is 22.0 Å². The monoisotopic (exact) mass is 335 g/mol. The summed E-state index contributed by atoms with van der Waals surface area (Å²) in [6, 6.07) is 12.9. The Hall–Kier alpha value is -2.99. The smallest absolute Gasteiger partial charge is 0.265 e. The molecule has 24 heavy (non-hydrogen) atoms. The number of pyridine rings is 1. The number of oxazole rings is 1. The molecule has 1 amide bonds. The van der Waals surface area contributed by atoms with Crippen molar-refractivity contribution in [2.45, 2.75) is 6.92 Å². The number of nitrogens with one attached hydrogen (secondary N) is 1. The number of benzene rings is 1. The maximum absolute atomic E-state index is 12.3. The third-order valence-corrected chi connectivity index (χ3v) is 4.59. The third kappa shape index (κ3) is 2.57. The molecule has 3 aromatic heterocycles. The molecule has 0 aliphatic heterocycles. The second-order valence-electron chi connectivity index (χ2n) is 5.25. The predicted molar refractivity (Wildman–Crippen MR) is 94.2 cm³/mol. The van der Waals surface area contributed by atoms with E-state index in [1.165, 1.54) is 11.3 Å². The highest BCUT2D eigenvalue weighted by atomic mass is 32.1. The first kappa shape index (κ1) is 14.6. The molecule has 0 saturated carbocycles. The van der Waals surface area contributed by atoms with Gasteiger partial charge in [0, 0.05) is 17.4 Å². The average molecular weight is 335 g/mol. The van der Waals surface area contributed by atoms with Crippen LogP contribution in [0.4, 0.5) is 5.69 Å². The second kappa shape index (κ2) is 5.90. The van der Waals surface area contributed by atoms with Crippen molar-refractivity contribution in [3.63, 3.8) is 0 Å². The summed E-state index contributed by atoms with van der Waals surface area (Å²) in [6.45, 7) is 1.93. The van der Waals surface area contributed by atoms with E-state index in [4.69, 9.17) is 4.42 Å². The molecule has 0 aliphatic carbocycles. The molecule has 0 spiro atoms. The van der Waals surface area contributed by atoms with Crippen molar-refractivity contribution in [1.29, 1.82) is 0 Å². The molecule has 118 valence electrons. The van der Waals surface area contributed by atoms with Gasteiger partial charge < -0.3 is 9.73 Å². The molecule has 3 heterocycles. The summed E-state index contributed by atoms with van der Waals surface area (Å²) in [4.78, 5) is 21.6. The fraction of sp³-hybridized carbons (Fsp3) is 0.0556. The van der Waals surface area contributed by atoms with Crippen molar-refractivity contribution in [1.82, 2.24) is 9.97 Å². The second-order valence-corrected chi connectivity index (χ2v) is 6.20. The van der Waals surface area contributed by atoms with Crippen LogP contribution < -0.4 is 5.32 Å². The number of fused-ring (bicyclic) bond motifs is 1. The molecule has 4 rings (SSSR count). The maximum atomic E-state index is 12.3. The number of hydrogen-bond acceptors (Lipinski definition) is 5. The Kier molecular flexibility index (Phi) is 3.59. The Morgan fingerprint density at radius 3 is 2.88 bits per heavy atom. The van der Waals surface area contributed by atoms with Gasteiger partial charge in [0.05, 0.1) is 4.88 Å². The average Bonchev–Trinajstić information content (AvgIpc) is 3.26. The molecule has 0 fully saturated rings. The first-order chi connectivity index (χ1) is 11.7. The van der Waals surface area contributed by atoms with Crippen LogP contribution in [0.15, 0.2) is 58.5 Å². The van der Waals surface area contributed by atoms with E-state index in [1.54, 1.807) is 12.3 Å². The lowest BCUT2D eigenvalue weighted by molar-refractivity contribution is 0.103. The highest BCUT2D eigenvalue weighted by molar-refractivity contribution is 7.12. The number of amides is 1. The van der Waals surface area contributed by atoms with E-state index in [9.17, 15) is 4.79 Å². The van der Waals surface area contributed by atoms with Gasteiger partial charge in [-0.05, 0) is 48.2 Å². The molecule has 0 radical (unpaired) electrons. The summed E-state index contributed by atoms with van der Waals surface area (Å²) >= 11 is 1.41. The molecule has 0 bridgehead atoms. The quantitative estimate of drug-likeness (QED) is 0.598. The fourth-order valence-electron chi connectivity index (χ4n) is 2.48. The van der Waals surface area contributed by atoms with Gasteiger partial charge in [-0.1, -0.05) is 12.1 Å². The first-order valence-corrected chi connectivity index (χ1v) is 8.27. The molecule has 0 unspecified atom stereocenters. The first-order valence-electron chi connectivity index (χ1n) is 7.39. The summed E-state index contributed by atoms with van der Waals surface area (Å²) in [5.74, 6) is 0.373. The highest BCUT2D eigenvalue weighted by Crippen LogP contribution is 2.30. The van der Waals surface area contributed by atoms with Crippen LogP contribution in [0.3, 0.4) is 0 Å². The lowest BCUT2D eigenvalue weighted by Crippen LogP contribution is -2.11. The predicted octanol–water partition coefficient (Wildman–Crippen LogP) is 4.51. The topological polar surface area (TPSA) is 68.0 Å². The van der Waals surface area contributed by atoms with Crippen molar-refractivity contribution in [3.05, 3.63) is 64.5 Å². The number of thiophene rings is 1. The van der Waals surface area contributed by atoms with Crippen molar-refractivity contribution >= 4 is 34.2 Å². The Labute approximate surface area is 142 Å². The van der Waals surface area contributed by atoms with Crippen LogP contribution in [-0.2, 0) is 0 Å². The summed E-state index contributed by atoms with van der Waals surface area (Å²) in [7, 11) is 0. The van der Waals surface area contributed by atoms with Gasteiger partial charge in [-0.15, -0.1) is 11.3 Å². The lowest BCUT2D eigenvalue weighted by atomic mass is 10.1. The summed E-state index contributed by atoms with van der Waals surface area (Å²) in [6.07, 6.45) is 1.68. The Morgan fingerprint density at radius 1 is 1.17 bits per heavy atom. The van der Waals surface area contributed by atoms with Crippen LogP contribution in [0, 0.1) is 6.92 Å². The van der Waals surface area contributed by atoms with E-state index in [0.717, 1.165) is 16.8 Å². The van der Waals surface area contributed by atoms with Crippen LogP contribution >= 0.6 is 11.3 Å².